The topological polar surface area (TPSA) is 74.7 Å². The SMILES string of the molecule is Cc1c(C(=O)O)cc(Cl)cc1S(=O)(=O)N1CCCC1C. The molecule has 0 bridgehead atoms. The summed E-state index contributed by atoms with van der Waals surface area (Å²) in [5, 5.41) is 9.24. The molecule has 1 fully saturated rings. The Labute approximate surface area is 123 Å². The number of nitrogens with zero attached hydrogens (tertiary/aromatic N) is 1. The van der Waals surface area contributed by atoms with Gasteiger partial charge in [0.25, 0.3) is 0 Å². The zero-order valence-electron chi connectivity index (χ0n) is 11.3. The lowest BCUT2D eigenvalue weighted by atomic mass is 10.1. The molecule has 1 N–H and O–H groups in total. The molecular formula is C13H16ClNO4S. The van der Waals surface area contributed by atoms with Crippen LogP contribution in [0.15, 0.2) is 17.0 Å². The van der Waals surface area contributed by atoms with Gasteiger partial charge in [0.2, 0.25) is 10.0 Å². The molecule has 0 aromatic heterocycles. The third kappa shape index (κ3) is 2.55. The number of benzene rings is 1. The zero-order valence-corrected chi connectivity index (χ0v) is 12.8. The smallest absolute Gasteiger partial charge is 0.336 e. The van der Waals surface area contributed by atoms with Crippen LogP contribution in [0.3, 0.4) is 0 Å². The fourth-order valence-corrected chi connectivity index (χ4v) is 4.79. The molecule has 2 rings (SSSR count). The van der Waals surface area contributed by atoms with Crippen molar-refractivity contribution in [1.82, 2.24) is 4.31 Å². The van der Waals surface area contributed by atoms with E-state index >= 15 is 0 Å². The molecule has 0 spiro atoms. The summed E-state index contributed by atoms with van der Waals surface area (Å²) in [5.74, 6) is -1.18. The first kappa shape index (κ1) is 15.3. The van der Waals surface area contributed by atoms with Gasteiger partial charge in [0.15, 0.2) is 0 Å². The van der Waals surface area contributed by atoms with Gasteiger partial charge in [-0.2, -0.15) is 4.31 Å². The van der Waals surface area contributed by atoms with Gasteiger partial charge in [0, 0.05) is 17.6 Å². The maximum atomic E-state index is 12.7. The van der Waals surface area contributed by atoms with Crippen LogP contribution in [0.1, 0.15) is 35.7 Å². The monoisotopic (exact) mass is 317 g/mol. The average Bonchev–Trinajstić information content (AvgIpc) is 2.78. The van der Waals surface area contributed by atoms with Crippen molar-refractivity contribution in [3.05, 3.63) is 28.3 Å². The van der Waals surface area contributed by atoms with Crippen LogP contribution in [0, 0.1) is 6.92 Å². The van der Waals surface area contributed by atoms with Gasteiger partial charge in [-0.1, -0.05) is 11.6 Å². The molecule has 0 amide bonds. The summed E-state index contributed by atoms with van der Waals surface area (Å²) in [6, 6.07) is 2.52. The molecule has 20 heavy (non-hydrogen) atoms. The summed E-state index contributed by atoms with van der Waals surface area (Å²) < 4.78 is 26.7. The van der Waals surface area contributed by atoms with Crippen LogP contribution in [0.5, 0.6) is 0 Å². The lowest BCUT2D eigenvalue weighted by Gasteiger charge is -2.22. The second-order valence-electron chi connectivity index (χ2n) is 4.99. The van der Waals surface area contributed by atoms with Gasteiger partial charge in [-0.15, -0.1) is 0 Å². The van der Waals surface area contributed by atoms with Crippen molar-refractivity contribution in [3.8, 4) is 0 Å². The van der Waals surface area contributed by atoms with Crippen molar-refractivity contribution >= 4 is 27.6 Å². The molecule has 1 aliphatic heterocycles. The number of hydrogen-bond acceptors (Lipinski definition) is 3. The molecule has 0 radical (unpaired) electrons. The van der Waals surface area contributed by atoms with Crippen LogP contribution < -0.4 is 0 Å². The average molecular weight is 318 g/mol. The highest BCUT2D eigenvalue weighted by Gasteiger charge is 2.34. The van der Waals surface area contributed by atoms with Crippen molar-refractivity contribution in [3.63, 3.8) is 0 Å². The molecule has 1 aliphatic rings. The highest BCUT2D eigenvalue weighted by atomic mass is 35.5. The van der Waals surface area contributed by atoms with E-state index in [1.165, 1.54) is 23.4 Å². The molecule has 0 aliphatic carbocycles. The van der Waals surface area contributed by atoms with Crippen LogP contribution in [-0.2, 0) is 10.0 Å². The van der Waals surface area contributed by atoms with Crippen LogP contribution >= 0.6 is 11.6 Å². The van der Waals surface area contributed by atoms with E-state index < -0.39 is 16.0 Å². The molecule has 110 valence electrons. The maximum absolute atomic E-state index is 12.7. The van der Waals surface area contributed by atoms with Crippen LogP contribution in [-0.4, -0.2) is 36.4 Å². The third-order valence-corrected chi connectivity index (χ3v) is 5.99. The van der Waals surface area contributed by atoms with Gasteiger partial charge in [-0.05, 0) is 44.4 Å². The second-order valence-corrected chi connectivity index (χ2v) is 7.28. The van der Waals surface area contributed by atoms with Crippen molar-refractivity contribution in [2.24, 2.45) is 0 Å². The summed E-state index contributed by atoms with van der Waals surface area (Å²) in [4.78, 5) is 11.2. The van der Waals surface area contributed by atoms with E-state index in [-0.39, 0.29) is 27.1 Å². The highest BCUT2D eigenvalue weighted by molar-refractivity contribution is 7.89. The van der Waals surface area contributed by atoms with Crippen molar-refractivity contribution in [2.45, 2.75) is 37.6 Å². The molecule has 5 nitrogen and oxygen atoms in total. The Morgan fingerprint density at radius 2 is 2.10 bits per heavy atom. The minimum Gasteiger partial charge on any atom is -0.478 e. The van der Waals surface area contributed by atoms with Crippen molar-refractivity contribution < 1.29 is 18.3 Å². The minimum absolute atomic E-state index is 0.0175. The number of carboxylic acid groups (broad SMARTS) is 1. The van der Waals surface area contributed by atoms with Gasteiger partial charge in [0.05, 0.1) is 10.5 Å². The lowest BCUT2D eigenvalue weighted by Crippen LogP contribution is -2.34. The number of hydrogen-bond donors (Lipinski definition) is 1. The summed E-state index contributed by atoms with van der Waals surface area (Å²) in [6.45, 7) is 3.80. The second kappa shape index (κ2) is 5.35. The van der Waals surface area contributed by atoms with Gasteiger partial charge in [0.1, 0.15) is 0 Å². The van der Waals surface area contributed by atoms with Crippen LogP contribution in [0.2, 0.25) is 5.02 Å². The predicted octanol–water partition coefficient (Wildman–Crippen LogP) is 2.52. The Balaban J connectivity index is 2.60. The van der Waals surface area contributed by atoms with E-state index in [2.05, 4.69) is 0 Å². The Morgan fingerprint density at radius 1 is 1.45 bits per heavy atom. The van der Waals surface area contributed by atoms with E-state index in [0.717, 1.165) is 12.8 Å². The normalized spacial score (nSPS) is 20.2. The minimum atomic E-state index is -3.71. The lowest BCUT2D eigenvalue weighted by molar-refractivity contribution is 0.0696. The fraction of sp³-hybridized carbons (Fsp3) is 0.462. The first-order valence-electron chi connectivity index (χ1n) is 6.30. The van der Waals surface area contributed by atoms with E-state index in [4.69, 9.17) is 16.7 Å². The quantitative estimate of drug-likeness (QED) is 0.929. The number of rotatable bonds is 3. The Bertz CT molecular complexity index is 657. The Morgan fingerprint density at radius 3 is 2.60 bits per heavy atom. The molecule has 1 aromatic rings. The number of carbonyl (C=O) groups is 1. The largest absolute Gasteiger partial charge is 0.478 e. The predicted molar refractivity (Wildman–Crippen MR) is 75.7 cm³/mol. The fourth-order valence-electron chi connectivity index (χ4n) is 2.53. The summed E-state index contributed by atoms with van der Waals surface area (Å²) in [5.41, 5.74) is 0.143. The Kier molecular flexibility index (Phi) is 4.09. The molecule has 1 saturated heterocycles. The number of halogens is 1. The summed E-state index contributed by atoms with van der Waals surface area (Å²) >= 11 is 5.87. The molecule has 0 saturated carbocycles. The van der Waals surface area contributed by atoms with Crippen LogP contribution in [0.4, 0.5) is 0 Å². The molecule has 1 unspecified atom stereocenters. The molecule has 7 heteroatoms. The first-order valence-corrected chi connectivity index (χ1v) is 8.12. The van der Waals surface area contributed by atoms with Gasteiger partial charge < -0.3 is 5.11 Å². The van der Waals surface area contributed by atoms with Gasteiger partial charge in [-0.25, -0.2) is 13.2 Å². The maximum Gasteiger partial charge on any atom is 0.336 e. The number of aromatic carboxylic acids is 1. The third-order valence-electron chi connectivity index (χ3n) is 3.63. The van der Waals surface area contributed by atoms with E-state index in [1.54, 1.807) is 0 Å². The van der Waals surface area contributed by atoms with Crippen molar-refractivity contribution in [2.75, 3.05) is 6.54 Å². The summed E-state index contributed by atoms with van der Waals surface area (Å²) in [7, 11) is -3.71. The Hall–Kier alpha value is -1.11. The van der Waals surface area contributed by atoms with Gasteiger partial charge in [-0.3, -0.25) is 0 Å². The van der Waals surface area contributed by atoms with E-state index in [0.29, 0.717) is 6.54 Å². The van der Waals surface area contributed by atoms with Crippen molar-refractivity contribution in [1.29, 1.82) is 0 Å². The first-order chi connectivity index (χ1) is 9.25. The molecular weight excluding hydrogens is 302 g/mol. The van der Waals surface area contributed by atoms with Gasteiger partial charge >= 0.3 is 5.97 Å². The van der Waals surface area contributed by atoms with E-state index in [9.17, 15) is 13.2 Å². The van der Waals surface area contributed by atoms with Crippen LogP contribution in [0.25, 0.3) is 0 Å². The zero-order chi connectivity index (χ0) is 15.1. The number of carboxylic acids is 1. The standard InChI is InChI=1S/C13H16ClNO4S/c1-8-4-3-5-15(8)20(18,19)12-7-10(14)6-11(9(12)2)13(16)17/h6-8H,3-5H2,1-2H3,(H,16,17). The molecule has 1 aromatic carbocycles. The summed E-state index contributed by atoms with van der Waals surface area (Å²) in [6.07, 6.45) is 1.62. The van der Waals surface area contributed by atoms with E-state index in [1.807, 2.05) is 6.92 Å². The highest BCUT2D eigenvalue weighted by Crippen LogP contribution is 2.31. The molecule has 1 heterocycles. The number of sulfonamides is 1. The molecule has 1 atom stereocenters.